The lowest BCUT2D eigenvalue weighted by molar-refractivity contribution is -0.384. The van der Waals surface area contributed by atoms with E-state index in [-0.39, 0.29) is 21.2 Å². The van der Waals surface area contributed by atoms with Gasteiger partial charge in [0.15, 0.2) is 0 Å². The van der Waals surface area contributed by atoms with Crippen LogP contribution in [0.3, 0.4) is 0 Å². The maximum atomic E-state index is 11.4. The Labute approximate surface area is 190 Å². The quantitative estimate of drug-likeness (QED) is 0.232. The zero-order valence-corrected chi connectivity index (χ0v) is 18.0. The molecule has 0 spiro atoms. The predicted molar refractivity (Wildman–Crippen MR) is 127 cm³/mol. The minimum Gasteiger partial charge on any atom is -0.457 e. The number of ether oxygens (including phenoxy) is 1. The van der Waals surface area contributed by atoms with Gasteiger partial charge in [-0.25, -0.2) is 0 Å². The number of aryl methyl sites for hydroxylation is 2. The minimum absolute atomic E-state index is 0.0597. The van der Waals surface area contributed by atoms with Gasteiger partial charge in [0.1, 0.15) is 11.5 Å². The van der Waals surface area contributed by atoms with Crippen molar-refractivity contribution < 1.29 is 14.6 Å². The summed E-state index contributed by atoms with van der Waals surface area (Å²) in [6, 6.07) is 24.4. The van der Waals surface area contributed by atoms with E-state index in [1.165, 1.54) is 0 Å². The van der Waals surface area contributed by atoms with Gasteiger partial charge in [0.2, 0.25) is 0 Å². The summed E-state index contributed by atoms with van der Waals surface area (Å²) in [6.07, 6.45) is 0. The summed E-state index contributed by atoms with van der Waals surface area (Å²) in [7, 11) is 0. The first-order chi connectivity index (χ1) is 15.8. The lowest BCUT2D eigenvalue weighted by Gasteiger charge is -2.09. The van der Waals surface area contributed by atoms with E-state index in [0.29, 0.717) is 22.6 Å². The Hall–Kier alpha value is -4.52. The van der Waals surface area contributed by atoms with E-state index in [4.69, 9.17) is 4.74 Å². The van der Waals surface area contributed by atoms with E-state index in [1.807, 2.05) is 26.0 Å². The number of hydrogen-bond donors (Lipinski definition) is 0. The van der Waals surface area contributed by atoms with Crippen LogP contribution in [0.5, 0.6) is 11.5 Å². The second-order valence-electron chi connectivity index (χ2n) is 7.71. The van der Waals surface area contributed by atoms with Gasteiger partial charge in [-0.3, -0.25) is 20.2 Å². The molecule has 0 amide bonds. The molecule has 0 unspecified atom stereocenters. The molecule has 0 saturated heterocycles. The van der Waals surface area contributed by atoms with Crippen LogP contribution in [0.25, 0.3) is 22.3 Å². The molecule has 7 nitrogen and oxygen atoms in total. The van der Waals surface area contributed by atoms with E-state index < -0.39 is 0 Å². The Morgan fingerprint density at radius 1 is 0.576 bits per heavy atom. The molecule has 0 aliphatic heterocycles. The standard InChI is InChI=1S/C26H20N2O5/c1-17-3-13-23(25(15-17)27(29)30)19-5-9-21(10-6-19)33-22-11-7-20(8-12-22)24-14-4-18(2)16-26(24)28(31)32/h3-16H,1-2H3. The van der Waals surface area contributed by atoms with E-state index in [1.54, 1.807) is 72.8 Å². The molecule has 33 heavy (non-hydrogen) atoms. The summed E-state index contributed by atoms with van der Waals surface area (Å²) in [4.78, 5) is 22.0. The number of nitro benzene ring substituents is 2. The third-order valence-electron chi connectivity index (χ3n) is 5.27. The number of hydrogen-bond acceptors (Lipinski definition) is 5. The number of nitrogens with zero attached hydrogens (tertiary/aromatic N) is 2. The zero-order chi connectivity index (χ0) is 23.5. The molecule has 0 aromatic heterocycles. The third kappa shape index (κ3) is 4.72. The lowest BCUT2D eigenvalue weighted by atomic mass is 10.0. The molecule has 0 fully saturated rings. The van der Waals surface area contributed by atoms with Crippen LogP contribution < -0.4 is 4.74 Å². The fourth-order valence-corrected chi connectivity index (χ4v) is 3.61. The topological polar surface area (TPSA) is 95.5 Å². The zero-order valence-electron chi connectivity index (χ0n) is 18.0. The third-order valence-corrected chi connectivity index (χ3v) is 5.27. The molecule has 0 radical (unpaired) electrons. The molecular weight excluding hydrogens is 420 g/mol. The van der Waals surface area contributed by atoms with Crippen LogP contribution >= 0.6 is 0 Å². The summed E-state index contributed by atoms with van der Waals surface area (Å²) in [5.41, 5.74) is 4.29. The van der Waals surface area contributed by atoms with Crippen LogP contribution in [-0.4, -0.2) is 9.85 Å². The molecule has 0 N–H and O–H groups in total. The second-order valence-corrected chi connectivity index (χ2v) is 7.71. The van der Waals surface area contributed by atoms with E-state index in [2.05, 4.69) is 0 Å². The summed E-state index contributed by atoms with van der Waals surface area (Å²) in [6.45, 7) is 3.63. The molecule has 0 bridgehead atoms. The highest BCUT2D eigenvalue weighted by atomic mass is 16.6. The van der Waals surface area contributed by atoms with Gasteiger partial charge in [-0.15, -0.1) is 0 Å². The van der Waals surface area contributed by atoms with Crippen molar-refractivity contribution in [2.45, 2.75) is 13.8 Å². The van der Waals surface area contributed by atoms with Crippen LogP contribution in [0.1, 0.15) is 11.1 Å². The molecule has 0 atom stereocenters. The maximum absolute atomic E-state index is 11.4. The van der Waals surface area contributed by atoms with Crippen LogP contribution in [0.15, 0.2) is 84.9 Å². The fourth-order valence-electron chi connectivity index (χ4n) is 3.61. The smallest absolute Gasteiger partial charge is 0.277 e. The van der Waals surface area contributed by atoms with Crippen molar-refractivity contribution in [3.63, 3.8) is 0 Å². The summed E-state index contributed by atoms with van der Waals surface area (Å²) < 4.78 is 5.89. The van der Waals surface area contributed by atoms with Gasteiger partial charge in [-0.1, -0.05) is 36.4 Å². The predicted octanol–water partition coefficient (Wildman–Crippen LogP) is 7.25. The van der Waals surface area contributed by atoms with E-state index >= 15 is 0 Å². The van der Waals surface area contributed by atoms with Gasteiger partial charge in [0.05, 0.1) is 21.0 Å². The molecule has 0 saturated carbocycles. The van der Waals surface area contributed by atoms with Gasteiger partial charge >= 0.3 is 0 Å². The lowest BCUT2D eigenvalue weighted by Crippen LogP contribution is -1.93. The number of benzene rings is 4. The summed E-state index contributed by atoms with van der Waals surface area (Å²) >= 11 is 0. The Balaban J connectivity index is 1.55. The average Bonchev–Trinajstić information content (AvgIpc) is 2.80. The Morgan fingerprint density at radius 2 is 0.939 bits per heavy atom. The molecule has 4 rings (SSSR count). The fraction of sp³-hybridized carbons (Fsp3) is 0.0769. The van der Waals surface area contributed by atoms with Gasteiger partial charge in [-0.05, 0) is 72.5 Å². The van der Waals surface area contributed by atoms with Crippen molar-refractivity contribution >= 4 is 11.4 Å². The maximum Gasteiger partial charge on any atom is 0.277 e. The first-order valence-electron chi connectivity index (χ1n) is 10.2. The SMILES string of the molecule is Cc1ccc(-c2ccc(Oc3ccc(-c4ccc(C)cc4[N+](=O)[O-])cc3)cc2)c([N+](=O)[O-])c1. The van der Waals surface area contributed by atoms with Crippen molar-refractivity contribution in [2.24, 2.45) is 0 Å². The molecule has 0 aliphatic carbocycles. The highest BCUT2D eigenvalue weighted by Crippen LogP contribution is 2.34. The van der Waals surface area contributed by atoms with Crippen LogP contribution in [0.2, 0.25) is 0 Å². The first-order valence-corrected chi connectivity index (χ1v) is 10.2. The molecular formula is C26H20N2O5. The molecule has 0 aliphatic rings. The average molecular weight is 440 g/mol. The molecule has 4 aromatic rings. The Morgan fingerprint density at radius 3 is 1.27 bits per heavy atom. The summed E-state index contributed by atoms with van der Waals surface area (Å²) in [5.74, 6) is 1.14. The van der Waals surface area contributed by atoms with E-state index in [0.717, 1.165) is 22.3 Å². The van der Waals surface area contributed by atoms with Crippen molar-refractivity contribution in [2.75, 3.05) is 0 Å². The van der Waals surface area contributed by atoms with Crippen LogP contribution in [0, 0.1) is 34.1 Å². The molecule has 0 heterocycles. The van der Waals surface area contributed by atoms with Gasteiger partial charge in [-0.2, -0.15) is 0 Å². The highest BCUT2D eigenvalue weighted by molar-refractivity contribution is 5.75. The minimum atomic E-state index is -0.382. The van der Waals surface area contributed by atoms with Gasteiger partial charge < -0.3 is 4.74 Å². The normalized spacial score (nSPS) is 10.6. The molecule has 7 heteroatoms. The van der Waals surface area contributed by atoms with E-state index in [9.17, 15) is 20.2 Å². The van der Waals surface area contributed by atoms with Crippen LogP contribution in [-0.2, 0) is 0 Å². The molecule has 164 valence electrons. The molecule has 4 aromatic carbocycles. The largest absolute Gasteiger partial charge is 0.457 e. The van der Waals surface area contributed by atoms with Crippen molar-refractivity contribution in [1.82, 2.24) is 0 Å². The Kier molecular flexibility index (Phi) is 5.87. The second kappa shape index (κ2) is 8.92. The van der Waals surface area contributed by atoms with Crippen LogP contribution in [0.4, 0.5) is 11.4 Å². The van der Waals surface area contributed by atoms with Gasteiger partial charge in [0.25, 0.3) is 11.4 Å². The van der Waals surface area contributed by atoms with Crippen molar-refractivity contribution in [1.29, 1.82) is 0 Å². The highest BCUT2D eigenvalue weighted by Gasteiger charge is 2.16. The van der Waals surface area contributed by atoms with Gasteiger partial charge in [0, 0.05) is 12.1 Å². The van der Waals surface area contributed by atoms with Crippen molar-refractivity contribution in [3.05, 3.63) is 116 Å². The monoisotopic (exact) mass is 440 g/mol. The summed E-state index contributed by atoms with van der Waals surface area (Å²) in [5, 5.41) is 22.8. The number of rotatable bonds is 6. The van der Waals surface area contributed by atoms with Crippen molar-refractivity contribution in [3.8, 4) is 33.8 Å². The Bertz CT molecular complexity index is 1240. The number of nitro groups is 2. The first kappa shape index (κ1) is 21.7.